The Morgan fingerprint density at radius 1 is 0.966 bits per heavy atom. The molecule has 0 saturated carbocycles. The number of benzene rings is 2. The van der Waals surface area contributed by atoms with Gasteiger partial charge in [-0.1, -0.05) is 60.7 Å². The lowest BCUT2D eigenvalue weighted by Gasteiger charge is -2.19. The lowest BCUT2D eigenvalue weighted by molar-refractivity contribution is 0.0982. The Balaban J connectivity index is 1.64. The van der Waals surface area contributed by atoms with Crippen molar-refractivity contribution < 1.29 is 4.79 Å². The van der Waals surface area contributed by atoms with Crippen LogP contribution in [0.3, 0.4) is 0 Å². The molecule has 0 saturated heterocycles. The fourth-order valence-corrected chi connectivity index (χ4v) is 3.87. The summed E-state index contributed by atoms with van der Waals surface area (Å²) < 4.78 is 0. The van der Waals surface area contributed by atoms with Gasteiger partial charge in [-0.15, -0.1) is 11.3 Å². The van der Waals surface area contributed by atoms with Gasteiger partial charge in [0.2, 0.25) is 0 Å². The van der Waals surface area contributed by atoms with Gasteiger partial charge in [0.25, 0.3) is 5.91 Å². The quantitative estimate of drug-likeness (QED) is 0.467. The summed E-state index contributed by atoms with van der Waals surface area (Å²) in [6, 6.07) is 21.8. The van der Waals surface area contributed by atoms with Crippen LogP contribution in [0.25, 0.3) is 11.3 Å². The fraction of sp³-hybridized carbons (Fsp3) is 0.130. The first-order valence-corrected chi connectivity index (χ1v) is 10.2. The van der Waals surface area contributed by atoms with E-state index >= 15 is 0 Å². The van der Waals surface area contributed by atoms with Crippen LogP contribution in [-0.2, 0) is 6.42 Å². The van der Waals surface area contributed by atoms with Gasteiger partial charge in [-0.05, 0) is 25.0 Å². The molecule has 4 aromatic rings. The number of nitrogens with zero attached hydrogens (tertiary/aromatic N) is 4. The third-order valence-corrected chi connectivity index (χ3v) is 5.36. The number of anilines is 1. The number of aryl methyl sites for hydroxylation is 1. The molecule has 2 aromatic heterocycles. The van der Waals surface area contributed by atoms with Gasteiger partial charge < -0.3 is 0 Å². The molecule has 0 spiro atoms. The molecule has 0 aliphatic rings. The SMILES string of the molecule is Cc1nccc(C(=O)N(CCc2ccccc2)c2nc(-c3ccccc3)cs2)n1. The zero-order chi connectivity index (χ0) is 20.1. The molecule has 2 heterocycles. The van der Waals surface area contributed by atoms with Gasteiger partial charge in [-0.2, -0.15) is 0 Å². The smallest absolute Gasteiger partial charge is 0.278 e. The molecule has 0 bridgehead atoms. The van der Waals surface area contributed by atoms with Crippen molar-refractivity contribution in [3.05, 3.63) is 95.4 Å². The molecule has 0 aliphatic heterocycles. The van der Waals surface area contributed by atoms with Crippen molar-refractivity contribution in [1.82, 2.24) is 15.0 Å². The fourth-order valence-electron chi connectivity index (χ4n) is 3.01. The van der Waals surface area contributed by atoms with E-state index < -0.39 is 0 Å². The summed E-state index contributed by atoms with van der Waals surface area (Å²) in [4.78, 5) is 28.1. The molecule has 29 heavy (non-hydrogen) atoms. The summed E-state index contributed by atoms with van der Waals surface area (Å²) in [7, 11) is 0. The number of carbonyl (C=O) groups is 1. The van der Waals surface area contributed by atoms with E-state index in [1.807, 2.05) is 53.9 Å². The first-order chi connectivity index (χ1) is 14.2. The molecule has 1 amide bonds. The lowest BCUT2D eigenvalue weighted by atomic mass is 10.1. The number of rotatable bonds is 6. The molecule has 144 valence electrons. The maximum Gasteiger partial charge on any atom is 0.278 e. The van der Waals surface area contributed by atoms with Crippen molar-refractivity contribution in [3.63, 3.8) is 0 Å². The van der Waals surface area contributed by atoms with E-state index in [4.69, 9.17) is 4.98 Å². The molecule has 0 aliphatic carbocycles. The minimum absolute atomic E-state index is 0.166. The van der Waals surface area contributed by atoms with Crippen molar-refractivity contribution in [2.45, 2.75) is 13.3 Å². The Hall–Kier alpha value is -3.38. The Bertz CT molecular complexity index is 1100. The van der Waals surface area contributed by atoms with Gasteiger partial charge >= 0.3 is 0 Å². The Morgan fingerprint density at radius 3 is 2.41 bits per heavy atom. The predicted molar refractivity (Wildman–Crippen MR) is 116 cm³/mol. The van der Waals surface area contributed by atoms with Crippen LogP contribution < -0.4 is 4.90 Å². The number of thiazole rings is 1. The molecule has 0 atom stereocenters. The van der Waals surface area contributed by atoms with E-state index in [1.54, 1.807) is 24.1 Å². The van der Waals surface area contributed by atoms with Crippen molar-refractivity contribution in [2.75, 3.05) is 11.4 Å². The maximum absolute atomic E-state index is 13.3. The van der Waals surface area contributed by atoms with Crippen molar-refractivity contribution >= 4 is 22.4 Å². The summed E-state index contributed by atoms with van der Waals surface area (Å²) in [6.07, 6.45) is 2.35. The van der Waals surface area contributed by atoms with E-state index in [2.05, 4.69) is 22.1 Å². The second kappa shape index (κ2) is 8.75. The molecule has 0 unspecified atom stereocenters. The van der Waals surface area contributed by atoms with Gasteiger partial charge in [0.15, 0.2) is 5.13 Å². The normalized spacial score (nSPS) is 10.7. The average Bonchev–Trinajstić information content (AvgIpc) is 3.25. The van der Waals surface area contributed by atoms with E-state index in [9.17, 15) is 4.79 Å². The summed E-state index contributed by atoms with van der Waals surface area (Å²) in [6.45, 7) is 2.30. The number of hydrogen-bond donors (Lipinski definition) is 0. The van der Waals surface area contributed by atoms with Gasteiger partial charge in [0.05, 0.1) is 5.69 Å². The third kappa shape index (κ3) is 4.55. The second-order valence-corrected chi connectivity index (χ2v) is 7.40. The molecular formula is C23H20N4OS. The van der Waals surface area contributed by atoms with Crippen LogP contribution in [0.5, 0.6) is 0 Å². The van der Waals surface area contributed by atoms with Crippen LogP contribution in [0, 0.1) is 6.92 Å². The van der Waals surface area contributed by atoms with Gasteiger partial charge in [-0.25, -0.2) is 15.0 Å². The van der Waals surface area contributed by atoms with Crippen LogP contribution in [0.4, 0.5) is 5.13 Å². The summed E-state index contributed by atoms with van der Waals surface area (Å²) in [5.74, 6) is 0.406. The van der Waals surface area contributed by atoms with Crippen LogP contribution in [0.15, 0.2) is 78.3 Å². The lowest BCUT2D eigenvalue weighted by Crippen LogP contribution is -2.33. The molecule has 2 aromatic carbocycles. The van der Waals surface area contributed by atoms with Crippen molar-refractivity contribution in [1.29, 1.82) is 0 Å². The van der Waals surface area contributed by atoms with E-state index in [1.165, 1.54) is 16.9 Å². The zero-order valence-electron chi connectivity index (χ0n) is 16.0. The van der Waals surface area contributed by atoms with E-state index in [-0.39, 0.29) is 5.91 Å². The highest BCUT2D eigenvalue weighted by molar-refractivity contribution is 7.14. The second-order valence-electron chi connectivity index (χ2n) is 6.56. The minimum atomic E-state index is -0.166. The van der Waals surface area contributed by atoms with Gasteiger partial charge in [0.1, 0.15) is 11.5 Å². The number of aromatic nitrogens is 3. The van der Waals surface area contributed by atoms with E-state index in [0.29, 0.717) is 23.2 Å². The Labute approximate surface area is 173 Å². The predicted octanol–water partition coefficient (Wildman–Crippen LogP) is 4.80. The van der Waals surface area contributed by atoms with Crippen molar-refractivity contribution in [3.8, 4) is 11.3 Å². The molecule has 6 heteroatoms. The Kier molecular flexibility index (Phi) is 5.72. The van der Waals surface area contributed by atoms with Gasteiger partial charge in [0, 0.05) is 23.7 Å². The first-order valence-electron chi connectivity index (χ1n) is 9.37. The molecular weight excluding hydrogens is 380 g/mol. The zero-order valence-corrected chi connectivity index (χ0v) is 16.8. The summed E-state index contributed by atoms with van der Waals surface area (Å²) >= 11 is 1.47. The molecule has 5 nitrogen and oxygen atoms in total. The standard InChI is InChI=1S/C23H20N4OS/c1-17-24-14-12-20(25-17)22(28)27(15-13-18-8-4-2-5-9-18)23-26-21(16-29-23)19-10-6-3-7-11-19/h2-12,14,16H,13,15H2,1H3. The third-order valence-electron chi connectivity index (χ3n) is 4.50. The summed E-state index contributed by atoms with van der Waals surface area (Å²) in [5, 5.41) is 2.65. The minimum Gasteiger partial charge on any atom is -0.282 e. The average molecular weight is 401 g/mol. The van der Waals surface area contributed by atoms with Crippen molar-refractivity contribution in [2.24, 2.45) is 0 Å². The van der Waals surface area contributed by atoms with Crippen LogP contribution in [0.2, 0.25) is 0 Å². The molecule has 0 fully saturated rings. The van der Waals surface area contributed by atoms with E-state index in [0.717, 1.165) is 17.7 Å². The monoisotopic (exact) mass is 400 g/mol. The highest BCUT2D eigenvalue weighted by Gasteiger charge is 2.22. The number of carbonyl (C=O) groups excluding carboxylic acids is 1. The maximum atomic E-state index is 13.3. The largest absolute Gasteiger partial charge is 0.282 e. The molecule has 0 radical (unpaired) electrons. The highest BCUT2D eigenvalue weighted by Crippen LogP contribution is 2.28. The van der Waals surface area contributed by atoms with Crippen LogP contribution in [0.1, 0.15) is 21.9 Å². The summed E-state index contributed by atoms with van der Waals surface area (Å²) in [5.41, 5.74) is 3.44. The van der Waals surface area contributed by atoms with Crippen LogP contribution in [-0.4, -0.2) is 27.4 Å². The highest BCUT2D eigenvalue weighted by atomic mass is 32.1. The van der Waals surface area contributed by atoms with Gasteiger partial charge in [-0.3, -0.25) is 9.69 Å². The number of hydrogen-bond acceptors (Lipinski definition) is 5. The topological polar surface area (TPSA) is 59.0 Å². The number of amides is 1. The first kappa shape index (κ1) is 19.0. The Morgan fingerprint density at radius 2 is 1.69 bits per heavy atom. The van der Waals surface area contributed by atoms with Crippen LogP contribution >= 0.6 is 11.3 Å². The molecule has 4 rings (SSSR count). The molecule has 0 N–H and O–H groups in total.